The van der Waals surface area contributed by atoms with Crippen molar-refractivity contribution in [3.05, 3.63) is 35.4 Å². The van der Waals surface area contributed by atoms with Gasteiger partial charge in [-0.15, -0.1) is 6.58 Å². The molecule has 1 heterocycles. The Labute approximate surface area is 97.8 Å². The van der Waals surface area contributed by atoms with Crippen LogP contribution in [0.2, 0.25) is 5.02 Å². The van der Waals surface area contributed by atoms with Crippen molar-refractivity contribution in [2.24, 2.45) is 0 Å². The van der Waals surface area contributed by atoms with Gasteiger partial charge in [0.1, 0.15) is 0 Å². The van der Waals surface area contributed by atoms with Gasteiger partial charge in [-0.3, -0.25) is 4.79 Å². The highest BCUT2D eigenvalue weighted by molar-refractivity contribution is 6.32. The van der Waals surface area contributed by atoms with Crippen LogP contribution >= 0.6 is 11.6 Å². The molecule has 84 valence electrons. The molecule has 1 aromatic rings. The number of rotatable bonds is 3. The van der Waals surface area contributed by atoms with E-state index in [2.05, 4.69) is 11.9 Å². The second kappa shape index (κ2) is 4.45. The first kappa shape index (κ1) is 10.8. The Morgan fingerprint density at radius 2 is 2.38 bits per heavy atom. The molecule has 1 amide bonds. The lowest BCUT2D eigenvalue weighted by Gasteiger charge is -2.05. The van der Waals surface area contributed by atoms with Gasteiger partial charge in [0, 0.05) is 12.1 Å². The minimum Gasteiger partial charge on any atom is -0.454 e. The number of carbonyl (C=O) groups excluding carboxylic acids is 1. The minimum atomic E-state index is -0.222. The van der Waals surface area contributed by atoms with E-state index in [9.17, 15) is 4.79 Å². The number of hydrogen-bond acceptors (Lipinski definition) is 3. The van der Waals surface area contributed by atoms with E-state index >= 15 is 0 Å². The maximum Gasteiger partial charge on any atom is 0.251 e. The number of halogens is 1. The van der Waals surface area contributed by atoms with Crippen LogP contribution in [0.5, 0.6) is 11.5 Å². The van der Waals surface area contributed by atoms with Gasteiger partial charge >= 0.3 is 0 Å². The van der Waals surface area contributed by atoms with Crippen LogP contribution in [0.3, 0.4) is 0 Å². The molecule has 1 aromatic carbocycles. The molecule has 0 spiro atoms. The summed E-state index contributed by atoms with van der Waals surface area (Å²) in [6, 6.07) is 3.15. The lowest BCUT2D eigenvalue weighted by molar-refractivity contribution is 0.0957. The normalized spacial score (nSPS) is 12.3. The number of carbonyl (C=O) groups is 1. The Morgan fingerprint density at radius 1 is 1.56 bits per heavy atom. The van der Waals surface area contributed by atoms with Crippen LogP contribution in [0.25, 0.3) is 0 Å². The molecule has 2 rings (SSSR count). The fourth-order valence-corrected chi connectivity index (χ4v) is 1.63. The zero-order valence-electron chi connectivity index (χ0n) is 8.46. The average Bonchev–Trinajstić information content (AvgIpc) is 2.74. The quantitative estimate of drug-likeness (QED) is 0.821. The van der Waals surface area contributed by atoms with E-state index in [-0.39, 0.29) is 12.7 Å². The smallest absolute Gasteiger partial charge is 0.251 e. The molecular weight excluding hydrogens is 230 g/mol. The first-order valence-corrected chi connectivity index (χ1v) is 5.08. The van der Waals surface area contributed by atoms with Gasteiger partial charge in [-0.05, 0) is 12.1 Å². The van der Waals surface area contributed by atoms with Gasteiger partial charge < -0.3 is 14.8 Å². The van der Waals surface area contributed by atoms with Crippen molar-refractivity contribution in [3.8, 4) is 11.5 Å². The van der Waals surface area contributed by atoms with Crippen molar-refractivity contribution >= 4 is 17.5 Å². The zero-order chi connectivity index (χ0) is 11.5. The monoisotopic (exact) mass is 239 g/mol. The van der Waals surface area contributed by atoms with Gasteiger partial charge in [0.25, 0.3) is 5.91 Å². The summed E-state index contributed by atoms with van der Waals surface area (Å²) in [5, 5.41) is 3.03. The molecule has 0 bridgehead atoms. The molecule has 5 heteroatoms. The van der Waals surface area contributed by atoms with Crippen molar-refractivity contribution in [1.29, 1.82) is 0 Å². The predicted molar refractivity (Wildman–Crippen MR) is 60.1 cm³/mol. The topological polar surface area (TPSA) is 47.6 Å². The molecule has 0 aliphatic carbocycles. The molecule has 0 radical (unpaired) electrons. The summed E-state index contributed by atoms with van der Waals surface area (Å²) in [7, 11) is 0. The molecule has 0 saturated carbocycles. The van der Waals surface area contributed by atoms with Crippen LogP contribution in [0.15, 0.2) is 24.8 Å². The zero-order valence-corrected chi connectivity index (χ0v) is 9.21. The average molecular weight is 240 g/mol. The van der Waals surface area contributed by atoms with E-state index in [1.807, 2.05) is 0 Å². The van der Waals surface area contributed by atoms with Crippen LogP contribution in [0.4, 0.5) is 0 Å². The van der Waals surface area contributed by atoms with E-state index in [0.717, 1.165) is 0 Å². The number of nitrogens with one attached hydrogen (secondary N) is 1. The third-order valence-corrected chi connectivity index (χ3v) is 2.38. The Balaban J connectivity index is 2.26. The number of benzene rings is 1. The molecule has 0 unspecified atom stereocenters. The molecule has 0 saturated heterocycles. The van der Waals surface area contributed by atoms with Crippen molar-refractivity contribution < 1.29 is 14.3 Å². The lowest BCUT2D eigenvalue weighted by atomic mass is 10.2. The van der Waals surface area contributed by atoms with Gasteiger partial charge in [-0.25, -0.2) is 0 Å². The van der Waals surface area contributed by atoms with Gasteiger partial charge in [-0.1, -0.05) is 17.7 Å². The number of fused-ring (bicyclic) bond motifs is 1. The summed E-state index contributed by atoms with van der Waals surface area (Å²) in [5.41, 5.74) is 0.441. The van der Waals surface area contributed by atoms with Gasteiger partial charge in [0.2, 0.25) is 6.79 Å². The minimum absolute atomic E-state index is 0.132. The first-order chi connectivity index (χ1) is 7.72. The summed E-state index contributed by atoms with van der Waals surface area (Å²) in [4.78, 5) is 11.6. The number of amides is 1. The van der Waals surface area contributed by atoms with Crippen LogP contribution < -0.4 is 14.8 Å². The van der Waals surface area contributed by atoms with E-state index in [4.69, 9.17) is 21.1 Å². The fraction of sp³-hybridized carbons (Fsp3) is 0.182. The van der Waals surface area contributed by atoms with E-state index in [0.29, 0.717) is 28.6 Å². The SMILES string of the molecule is C=CCNC(=O)c1cc(Cl)c2c(c1)OCO2. The van der Waals surface area contributed by atoms with Crippen LogP contribution in [0.1, 0.15) is 10.4 Å². The Bertz CT molecular complexity index is 445. The second-order valence-electron chi connectivity index (χ2n) is 3.19. The van der Waals surface area contributed by atoms with Crippen LogP contribution in [-0.2, 0) is 0 Å². The van der Waals surface area contributed by atoms with Crippen LogP contribution in [-0.4, -0.2) is 19.2 Å². The summed E-state index contributed by atoms with van der Waals surface area (Å²) >= 11 is 5.95. The number of ether oxygens (including phenoxy) is 2. The Hall–Kier alpha value is -1.68. The summed E-state index contributed by atoms with van der Waals surface area (Å²) in [6.45, 7) is 4.06. The molecule has 16 heavy (non-hydrogen) atoms. The predicted octanol–water partition coefficient (Wildman–Crippen LogP) is 1.98. The molecular formula is C11H10ClNO3. The first-order valence-electron chi connectivity index (χ1n) is 4.70. The Kier molecular flexibility index (Phi) is 3.01. The summed E-state index contributed by atoms with van der Waals surface area (Å²) in [6.07, 6.45) is 1.60. The third-order valence-electron chi connectivity index (χ3n) is 2.10. The second-order valence-corrected chi connectivity index (χ2v) is 3.60. The molecule has 1 aliphatic rings. The molecule has 4 nitrogen and oxygen atoms in total. The molecule has 0 fully saturated rings. The van der Waals surface area contributed by atoms with Crippen molar-refractivity contribution in [2.75, 3.05) is 13.3 Å². The third kappa shape index (κ3) is 1.97. The van der Waals surface area contributed by atoms with E-state index in [1.165, 1.54) is 0 Å². The van der Waals surface area contributed by atoms with Crippen LogP contribution in [0, 0.1) is 0 Å². The Morgan fingerprint density at radius 3 is 3.12 bits per heavy atom. The highest BCUT2D eigenvalue weighted by Crippen LogP contribution is 2.39. The standard InChI is InChI=1S/C11H10ClNO3/c1-2-3-13-11(14)7-4-8(12)10-9(5-7)15-6-16-10/h2,4-5H,1,3,6H2,(H,13,14). The fourth-order valence-electron chi connectivity index (χ4n) is 1.37. The largest absolute Gasteiger partial charge is 0.454 e. The molecule has 1 aliphatic heterocycles. The highest BCUT2D eigenvalue weighted by Gasteiger charge is 2.20. The van der Waals surface area contributed by atoms with Crippen molar-refractivity contribution in [3.63, 3.8) is 0 Å². The van der Waals surface area contributed by atoms with Crippen molar-refractivity contribution in [1.82, 2.24) is 5.32 Å². The van der Waals surface area contributed by atoms with E-state index < -0.39 is 0 Å². The summed E-state index contributed by atoms with van der Waals surface area (Å²) < 4.78 is 10.3. The highest BCUT2D eigenvalue weighted by atomic mass is 35.5. The maximum atomic E-state index is 11.6. The van der Waals surface area contributed by atoms with Gasteiger partial charge in [0.15, 0.2) is 11.5 Å². The lowest BCUT2D eigenvalue weighted by Crippen LogP contribution is -2.23. The summed E-state index contributed by atoms with van der Waals surface area (Å²) in [5.74, 6) is 0.762. The van der Waals surface area contributed by atoms with Gasteiger partial charge in [-0.2, -0.15) is 0 Å². The van der Waals surface area contributed by atoms with Crippen molar-refractivity contribution in [2.45, 2.75) is 0 Å². The number of hydrogen-bond donors (Lipinski definition) is 1. The van der Waals surface area contributed by atoms with E-state index in [1.54, 1.807) is 18.2 Å². The molecule has 1 N–H and O–H groups in total. The maximum absolute atomic E-state index is 11.6. The molecule has 0 aromatic heterocycles. The molecule has 0 atom stereocenters. The van der Waals surface area contributed by atoms with Gasteiger partial charge in [0.05, 0.1) is 5.02 Å².